The van der Waals surface area contributed by atoms with Crippen molar-refractivity contribution in [2.45, 2.75) is 24.2 Å². The number of rotatable bonds is 5. The summed E-state index contributed by atoms with van der Waals surface area (Å²) in [5, 5.41) is 7.80. The molecular formula is C23H27N5O4S. The summed E-state index contributed by atoms with van der Waals surface area (Å²) >= 11 is 0. The number of carbonyl (C=O) groups is 1. The summed E-state index contributed by atoms with van der Waals surface area (Å²) in [6, 6.07) is 11.5. The molecule has 1 aliphatic rings. The van der Waals surface area contributed by atoms with E-state index in [2.05, 4.69) is 10.4 Å². The number of hydrogen-bond donors (Lipinski definition) is 1. The molecule has 1 N–H and O–H groups in total. The molecule has 0 spiro atoms. The molecule has 2 heterocycles. The number of benzene rings is 2. The molecule has 0 bridgehead atoms. The van der Waals surface area contributed by atoms with E-state index in [9.17, 15) is 18.0 Å². The van der Waals surface area contributed by atoms with Gasteiger partial charge in [-0.3, -0.25) is 9.59 Å². The van der Waals surface area contributed by atoms with Gasteiger partial charge < -0.3 is 10.2 Å². The molecule has 9 nitrogen and oxygen atoms in total. The zero-order valence-corrected chi connectivity index (χ0v) is 19.7. The number of carbonyl (C=O) groups excluding carboxylic acids is 1. The van der Waals surface area contributed by atoms with Crippen molar-refractivity contribution in [2.24, 2.45) is 7.05 Å². The molecule has 4 rings (SSSR count). The summed E-state index contributed by atoms with van der Waals surface area (Å²) in [5.74, 6) is -0.530. The van der Waals surface area contributed by atoms with Gasteiger partial charge in [-0.1, -0.05) is 24.6 Å². The fraction of sp³-hybridized carbons (Fsp3) is 0.348. The Morgan fingerprint density at radius 1 is 1.03 bits per heavy atom. The molecule has 1 aromatic heterocycles. The van der Waals surface area contributed by atoms with E-state index in [1.54, 1.807) is 41.3 Å². The van der Waals surface area contributed by atoms with E-state index in [-0.39, 0.29) is 16.1 Å². The molecule has 33 heavy (non-hydrogen) atoms. The second kappa shape index (κ2) is 8.95. The second-order valence-electron chi connectivity index (χ2n) is 8.32. The van der Waals surface area contributed by atoms with Crippen LogP contribution >= 0.6 is 0 Å². The lowest BCUT2D eigenvalue weighted by Crippen LogP contribution is -2.35. The highest BCUT2D eigenvalue weighted by Gasteiger charge is 2.27. The van der Waals surface area contributed by atoms with Crippen LogP contribution in [0.25, 0.3) is 10.8 Å². The van der Waals surface area contributed by atoms with Crippen LogP contribution in [0.2, 0.25) is 0 Å². The maximum absolute atomic E-state index is 13.3. The van der Waals surface area contributed by atoms with Crippen molar-refractivity contribution in [1.29, 1.82) is 0 Å². The van der Waals surface area contributed by atoms with Gasteiger partial charge in [0.25, 0.3) is 11.5 Å². The number of nitrogens with zero attached hydrogens (tertiary/aromatic N) is 4. The molecule has 1 saturated heterocycles. The van der Waals surface area contributed by atoms with E-state index in [4.69, 9.17) is 0 Å². The van der Waals surface area contributed by atoms with Crippen molar-refractivity contribution < 1.29 is 13.2 Å². The molecule has 3 aromatic rings. The third-order valence-electron chi connectivity index (χ3n) is 5.82. The number of piperidine rings is 1. The third-order valence-corrected chi connectivity index (χ3v) is 7.72. The number of aryl methyl sites for hydroxylation is 1. The van der Waals surface area contributed by atoms with Crippen LogP contribution in [0.4, 0.5) is 11.4 Å². The first kappa shape index (κ1) is 22.9. The van der Waals surface area contributed by atoms with Crippen LogP contribution in [0.15, 0.2) is 52.2 Å². The first-order valence-electron chi connectivity index (χ1n) is 10.8. The van der Waals surface area contributed by atoms with E-state index >= 15 is 0 Å². The van der Waals surface area contributed by atoms with Gasteiger partial charge in [-0.25, -0.2) is 13.1 Å². The van der Waals surface area contributed by atoms with Gasteiger partial charge in [0.05, 0.1) is 21.7 Å². The molecule has 0 unspecified atom stereocenters. The molecule has 0 radical (unpaired) electrons. The molecule has 174 valence electrons. The van der Waals surface area contributed by atoms with Crippen LogP contribution in [-0.2, 0) is 17.1 Å². The lowest BCUT2D eigenvalue weighted by molar-refractivity contribution is 0.102. The molecule has 1 amide bonds. The van der Waals surface area contributed by atoms with E-state index in [0.717, 1.165) is 23.9 Å². The van der Waals surface area contributed by atoms with E-state index in [0.29, 0.717) is 35.2 Å². The van der Waals surface area contributed by atoms with E-state index in [1.807, 2.05) is 14.1 Å². The summed E-state index contributed by atoms with van der Waals surface area (Å²) < 4.78 is 29.0. The molecule has 0 aliphatic carbocycles. The SMILES string of the molecule is CN(C)c1ccc(S(=O)(=O)N2CCCCC2)cc1NC(=O)c1nn(C)c(=O)c2ccccc12. The Balaban J connectivity index is 1.75. The first-order chi connectivity index (χ1) is 15.7. The molecule has 10 heteroatoms. The van der Waals surface area contributed by atoms with Gasteiger partial charge in [0.2, 0.25) is 10.0 Å². The lowest BCUT2D eigenvalue weighted by atomic mass is 10.1. The average molecular weight is 470 g/mol. The van der Waals surface area contributed by atoms with Gasteiger partial charge >= 0.3 is 0 Å². The number of aromatic nitrogens is 2. The molecule has 0 saturated carbocycles. The van der Waals surface area contributed by atoms with Crippen LogP contribution in [0, 0.1) is 0 Å². The maximum Gasteiger partial charge on any atom is 0.276 e. The summed E-state index contributed by atoms with van der Waals surface area (Å²) in [6.45, 7) is 0.987. The lowest BCUT2D eigenvalue weighted by Gasteiger charge is -2.26. The second-order valence-corrected chi connectivity index (χ2v) is 10.3. The minimum Gasteiger partial charge on any atom is -0.376 e. The largest absolute Gasteiger partial charge is 0.376 e. The molecule has 0 atom stereocenters. The number of hydrogen-bond acceptors (Lipinski definition) is 6. The zero-order chi connectivity index (χ0) is 23.8. The van der Waals surface area contributed by atoms with Crippen LogP contribution in [0.3, 0.4) is 0 Å². The Morgan fingerprint density at radius 2 is 1.70 bits per heavy atom. The van der Waals surface area contributed by atoms with Crippen LogP contribution < -0.4 is 15.8 Å². The molecule has 1 aliphatic heterocycles. The zero-order valence-electron chi connectivity index (χ0n) is 18.9. The summed E-state index contributed by atoms with van der Waals surface area (Å²) in [7, 11) is 1.44. The van der Waals surface area contributed by atoms with Crippen LogP contribution in [0.5, 0.6) is 0 Å². The normalized spacial score (nSPS) is 14.9. The van der Waals surface area contributed by atoms with E-state index < -0.39 is 15.9 Å². The highest BCUT2D eigenvalue weighted by molar-refractivity contribution is 7.89. The monoisotopic (exact) mass is 469 g/mol. The standard InChI is InChI=1S/C23H27N5O4S/c1-26(2)20-12-11-16(33(31,32)28-13-7-4-8-14-28)15-19(20)24-22(29)21-17-9-5-6-10-18(17)23(30)27(3)25-21/h5-6,9-12,15H,4,7-8,13-14H2,1-3H3,(H,24,29). The first-order valence-corrected chi connectivity index (χ1v) is 12.2. The Kier molecular flexibility index (Phi) is 6.22. The minimum atomic E-state index is -3.67. The van der Waals surface area contributed by atoms with Crippen molar-refractivity contribution in [1.82, 2.24) is 14.1 Å². The topological polar surface area (TPSA) is 105 Å². The number of amides is 1. The summed E-state index contributed by atoms with van der Waals surface area (Å²) in [6.07, 6.45) is 2.70. The average Bonchev–Trinajstić information content (AvgIpc) is 2.81. The number of fused-ring (bicyclic) bond motifs is 1. The van der Waals surface area contributed by atoms with Crippen molar-refractivity contribution in [3.8, 4) is 0 Å². The predicted molar refractivity (Wildman–Crippen MR) is 128 cm³/mol. The van der Waals surface area contributed by atoms with Crippen LogP contribution in [0.1, 0.15) is 29.8 Å². The van der Waals surface area contributed by atoms with Gasteiger partial charge in [0, 0.05) is 39.6 Å². The van der Waals surface area contributed by atoms with Gasteiger partial charge in [0.15, 0.2) is 5.69 Å². The smallest absolute Gasteiger partial charge is 0.276 e. The number of sulfonamides is 1. The van der Waals surface area contributed by atoms with Gasteiger partial charge in [-0.05, 0) is 37.1 Å². The fourth-order valence-corrected chi connectivity index (χ4v) is 5.61. The van der Waals surface area contributed by atoms with Crippen molar-refractivity contribution in [3.63, 3.8) is 0 Å². The molecule has 1 fully saturated rings. The van der Waals surface area contributed by atoms with Gasteiger partial charge in [-0.15, -0.1) is 0 Å². The maximum atomic E-state index is 13.3. The summed E-state index contributed by atoms with van der Waals surface area (Å²) in [5.41, 5.74) is 0.783. The number of nitrogens with one attached hydrogen (secondary N) is 1. The van der Waals surface area contributed by atoms with Gasteiger partial charge in [-0.2, -0.15) is 9.40 Å². The van der Waals surface area contributed by atoms with Crippen molar-refractivity contribution >= 4 is 38.1 Å². The fourth-order valence-electron chi connectivity index (χ4n) is 4.07. The van der Waals surface area contributed by atoms with Crippen molar-refractivity contribution in [2.75, 3.05) is 37.4 Å². The minimum absolute atomic E-state index is 0.0849. The third kappa shape index (κ3) is 4.36. The van der Waals surface area contributed by atoms with Crippen molar-refractivity contribution in [3.05, 3.63) is 58.5 Å². The predicted octanol–water partition coefficient (Wildman–Crippen LogP) is 2.43. The van der Waals surface area contributed by atoms with Gasteiger partial charge in [0.1, 0.15) is 0 Å². The Bertz CT molecular complexity index is 1380. The number of anilines is 2. The Labute approximate surface area is 192 Å². The van der Waals surface area contributed by atoms with Crippen LogP contribution in [-0.4, -0.2) is 55.6 Å². The Hall–Kier alpha value is -3.24. The van der Waals surface area contributed by atoms with E-state index in [1.165, 1.54) is 17.4 Å². The molecular weight excluding hydrogens is 442 g/mol. The summed E-state index contributed by atoms with van der Waals surface area (Å²) in [4.78, 5) is 27.6. The Morgan fingerprint density at radius 3 is 2.36 bits per heavy atom. The quantitative estimate of drug-likeness (QED) is 0.615. The highest BCUT2D eigenvalue weighted by Crippen LogP contribution is 2.30. The molecule has 2 aromatic carbocycles. The highest BCUT2D eigenvalue weighted by atomic mass is 32.2.